The van der Waals surface area contributed by atoms with Crippen LogP contribution in [0.15, 0.2) is 0 Å². The van der Waals surface area contributed by atoms with Gasteiger partial charge in [0.2, 0.25) is 0 Å². The second-order valence-electron chi connectivity index (χ2n) is 2.18. The van der Waals surface area contributed by atoms with E-state index in [1.165, 1.54) is 0 Å². The van der Waals surface area contributed by atoms with E-state index in [1.807, 2.05) is 0 Å². The van der Waals surface area contributed by atoms with Crippen LogP contribution >= 0.6 is 0 Å². The number of aliphatic hydroxyl groups is 2. The summed E-state index contributed by atoms with van der Waals surface area (Å²) < 4.78 is 9.67. The third-order valence-corrected chi connectivity index (χ3v) is 1.18. The van der Waals surface area contributed by atoms with Crippen molar-refractivity contribution in [3.05, 3.63) is 0 Å². The fourth-order valence-corrected chi connectivity index (χ4v) is 0.616. The van der Waals surface area contributed by atoms with Gasteiger partial charge in [-0.05, 0) is 6.42 Å². The summed E-state index contributed by atoms with van der Waals surface area (Å²) in [5.41, 5.74) is 0. The molecule has 1 atom stereocenters. The molecule has 0 radical (unpaired) electrons. The first-order valence-electron chi connectivity index (χ1n) is 3.70. The van der Waals surface area contributed by atoms with Gasteiger partial charge in [-0.2, -0.15) is 0 Å². The van der Waals surface area contributed by atoms with Gasteiger partial charge in [-0.25, -0.2) is 0 Å². The molecule has 0 heterocycles. The standard InChI is InChI=1S/C7H16O4/c1-10-5-2-6-11-7(9)3-4-8/h7-9H,2-6H2,1H3. The number of hydrogen-bond donors (Lipinski definition) is 2. The van der Waals surface area contributed by atoms with E-state index >= 15 is 0 Å². The Balaban J connectivity index is 2.97. The Morgan fingerprint density at radius 1 is 1.36 bits per heavy atom. The van der Waals surface area contributed by atoms with Gasteiger partial charge in [0.05, 0.1) is 6.61 Å². The fraction of sp³-hybridized carbons (Fsp3) is 1.00. The highest BCUT2D eigenvalue weighted by molar-refractivity contribution is 4.40. The van der Waals surface area contributed by atoms with Crippen molar-refractivity contribution in [2.75, 3.05) is 26.9 Å². The van der Waals surface area contributed by atoms with Gasteiger partial charge in [-0.15, -0.1) is 0 Å². The van der Waals surface area contributed by atoms with E-state index in [4.69, 9.17) is 19.7 Å². The molecule has 0 aromatic carbocycles. The van der Waals surface area contributed by atoms with Crippen molar-refractivity contribution in [2.45, 2.75) is 19.1 Å². The number of aliphatic hydroxyl groups excluding tert-OH is 2. The zero-order chi connectivity index (χ0) is 8.53. The van der Waals surface area contributed by atoms with Gasteiger partial charge in [-0.3, -0.25) is 0 Å². The fourth-order valence-electron chi connectivity index (χ4n) is 0.616. The number of ether oxygens (including phenoxy) is 2. The van der Waals surface area contributed by atoms with E-state index in [1.54, 1.807) is 7.11 Å². The normalized spacial score (nSPS) is 13.4. The summed E-state index contributed by atoms with van der Waals surface area (Å²) in [7, 11) is 1.62. The van der Waals surface area contributed by atoms with Crippen LogP contribution in [0.4, 0.5) is 0 Å². The third kappa shape index (κ3) is 7.74. The molecule has 4 heteroatoms. The highest BCUT2D eigenvalue weighted by Gasteiger charge is 2.00. The van der Waals surface area contributed by atoms with Crippen LogP contribution in [-0.4, -0.2) is 43.4 Å². The zero-order valence-corrected chi connectivity index (χ0v) is 6.82. The van der Waals surface area contributed by atoms with Crippen LogP contribution < -0.4 is 0 Å². The predicted octanol–water partition coefficient (Wildman–Crippen LogP) is -0.260. The number of rotatable bonds is 7. The molecule has 0 spiro atoms. The van der Waals surface area contributed by atoms with Crippen LogP contribution in [0, 0.1) is 0 Å². The molecule has 0 aliphatic carbocycles. The summed E-state index contributed by atoms with van der Waals surface area (Å²) in [6.07, 6.45) is 0.197. The molecule has 1 unspecified atom stereocenters. The van der Waals surface area contributed by atoms with Gasteiger partial charge in [0.1, 0.15) is 0 Å². The zero-order valence-electron chi connectivity index (χ0n) is 6.82. The Labute approximate surface area is 66.7 Å². The number of hydrogen-bond acceptors (Lipinski definition) is 4. The van der Waals surface area contributed by atoms with Crippen molar-refractivity contribution in [1.29, 1.82) is 0 Å². The Morgan fingerprint density at radius 2 is 2.09 bits per heavy atom. The average molecular weight is 164 g/mol. The van der Waals surface area contributed by atoms with Crippen LogP contribution in [0.1, 0.15) is 12.8 Å². The topological polar surface area (TPSA) is 58.9 Å². The molecule has 0 aliphatic heterocycles. The average Bonchev–Trinajstić information content (AvgIpc) is 1.99. The van der Waals surface area contributed by atoms with Crippen LogP contribution in [0.3, 0.4) is 0 Å². The van der Waals surface area contributed by atoms with Gasteiger partial charge < -0.3 is 19.7 Å². The molecule has 0 bridgehead atoms. The Kier molecular flexibility index (Phi) is 7.83. The molecule has 0 saturated carbocycles. The van der Waals surface area contributed by atoms with Crippen molar-refractivity contribution in [3.8, 4) is 0 Å². The third-order valence-electron chi connectivity index (χ3n) is 1.18. The minimum atomic E-state index is -0.836. The molecule has 4 nitrogen and oxygen atoms in total. The minimum absolute atomic E-state index is 0.0502. The summed E-state index contributed by atoms with van der Waals surface area (Å²) in [4.78, 5) is 0. The summed E-state index contributed by atoms with van der Waals surface area (Å²) in [5, 5.41) is 17.3. The minimum Gasteiger partial charge on any atom is -0.396 e. The molecule has 0 aliphatic rings. The van der Waals surface area contributed by atoms with Crippen LogP contribution in [0.25, 0.3) is 0 Å². The highest BCUT2D eigenvalue weighted by Crippen LogP contribution is 1.94. The van der Waals surface area contributed by atoms with E-state index in [2.05, 4.69) is 0 Å². The molecule has 2 N–H and O–H groups in total. The molecule has 0 amide bonds. The Morgan fingerprint density at radius 3 is 2.64 bits per heavy atom. The molecule has 0 aromatic rings. The Hall–Kier alpha value is -0.160. The quantitative estimate of drug-likeness (QED) is 0.402. The number of methoxy groups -OCH3 is 1. The first kappa shape index (κ1) is 10.8. The summed E-state index contributed by atoms with van der Waals surface area (Å²) in [5.74, 6) is 0. The second-order valence-corrected chi connectivity index (χ2v) is 2.18. The van der Waals surface area contributed by atoms with Crippen molar-refractivity contribution in [3.63, 3.8) is 0 Å². The van der Waals surface area contributed by atoms with Crippen molar-refractivity contribution >= 4 is 0 Å². The molecule has 68 valence electrons. The molecule has 0 aromatic heterocycles. The van der Waals surface area contributed by atoms with Crippen LogP contribution in [0.2, 0.25) is 0 Å². The summed E-state index contributed by atoms with van der Waals surface area (Å²) in [6, 6.07) is 0. The second kappa shape index (κ2) is 7.94. The maximum Gasteiger partial charge on any atom is 0.156 e. The SMILES string of the molecule is COCCCOC(O)CCO. The molecular formula is C7H16O4. The van der Waals surface area contributed by atoms with Gasteiger partial charge >= 0.3 is 0 Å². The summed E-state index contributed by atoms with van der Waals surface area (Å²) in [6.45, 7) is 1.05. The van der Waals surface area contributed by atoms with E-state index in [0.29, 0.717) is 13.2 Å². The first-order chi connectivity index (χ1) is 5.31. The van der Waals surface area contributed by atoms with Gasteiger partial charge in [-0.1, -0.05) is 0 Å². The van der Waals surface area contributed by atoms with Gasteiger partial charge in [0.15, 0.2) is 6.29 Å². The van der Waals surface area contributed by atoms with E-state index < -0.39 is 6.29 Å². The largest absolute Gasteiger partial charge is 0.396 e. The molecule has 0 saturated heterocycles. The highest BCUT2D eigenvalue weighted by atomic mass is 16.6. The van der Waals surface area contributed by atoms with E-state index in [-0.39, 0.29) is 13.0 Å². The lowest BCUT2D eigenvalue weighted by Gasteiger charge is -2.09. The lowest BCUT2D eigenvalue weighted by Crippen LogP contribution is -2.15. The van der Waals surface area contributed by atoms with Crippen molar-refractivity contribution < 1.29 is 19.7 Å². The van der Waals surface area contributed by atoms with Crippen molar-refractivity contribution in [1.82, 2.24) is 0 Å². The summed E-state index contributed by atoms with van der Waals surface area (Å²) >= 11 is 0. The molecule has 0 fully saturated rings. The molecular weight excluding hydrogens is 148 g/mol. The lowest BCUT2D eigenvalue weighted by atomic mass is 10.4. The maximum absolute atomic E-state index is 8.93. The monoisotopic (exact) mass is 164 g/mol. The Bertz CT molecular complexity index is 76.8. The molecule has 0 rings (SSSR count). The smallest absolute Gasteiger partial charge is 0.156 e. The maximum atomic E-state index is 8.93. The van der Waals surface area contributed by atoms with Gasteiger partial charge in [0, 0.05) is 26.7 Å². The predicted molar refractivity (Wildman–Crippen MR) is 40.2 cm³/mol. The van der Waals surface area contributed by atoms with Gasteiger partial charge in [0.25, 0.3) is 0 Å². The van der Waals surface area contributed by atoms with E-state index in [9.17, 15) is 0 Å². The lowest BCUT2D eigenvalue weighted by molar-refractivity contribution is -0.111. The molecule has 11 heavy (non-hydrogen) atoms. The van der Waals surface area contributed by atoms with Crippen molar-refractivity contribution in [2.24, 2.45) is 0 Å². The first-order valence-corrected chi connectivity index (χ1v) is 3.70. The van der Waals surface area contributed by atoms with Crippen LogP contribution in [-0.2, 0) is 9.47 Å². The van der Waals surface area contributed by atoms with E-state index in [0.717, 1.165) is 6.42 Å². The van der Waals surface area contributed by atoms with Crippen LogP contribution in [0.5, 0.6) is 0 Å².